The quantitative estimate of drug-likeness (QED) is 0.613. The fraction of sp³-hybridized carbons (Fsp3) is 0.348. The average molecular weight is 438 g/mol. The molecule has 0 bridgehead atoms. The molecular weight excluding hydrogens is 410 g/mol. The highest BCUT2D eigenvalue weighted by molar-refractivity contribution is 5.94. The van der Waals surface area contributed by atoms with Crippen LogP contribution < -0.4 is 4.74 Å². The Morgan fingerprint density at radius 1 is 1.03 bits per heavy atom. The smallest absolute Gasteiger partial charge is 0.409 e. The summed E-state index contributed by atoms with van der Waals surface area (Å²) in [5.41, 5.74) is 2.86. The van der Waals surface area contributed by atoms with Crippen molar-refractivity contribution in [3.63, 3.8) is 0 Å². The number of aromatic nitrogens is 3. The number of methoxy groups -OCH3 is 1. The van der Waals surface area contributed by atoms with Crippen LogP contribution in [0.15, 0.2) is 48.7 Å². The highest BCUT2D eigenvalue weighted by Crippen LogP contribution is 2.24. The maximum atomic E-state index is 13.5. The predicted octanol–water partition coefficient (Wildman–Crippen LogP) is 2.80. The minimum absolute atomic E-state index is 0.128. The van der Waals surface area contributed by atoms with E-state index in [1.165, 1.54) is 0 Å². The van der Waals surface area contributed by atoms with Crippen LogP contribution in [-0.4, -0.2) is 76.0 Å². The molecule has 32 heavy (non-hydrogen) atoms. The number of amides is 2. The van der Waals surface area contributed by atoms with Gasteiger partial charge in [0.15, 0.2) is 0 Å². The molecule has 1 aliphatic rings. The van der Waals surface area contributed by atoms with Crippen molar-refractivity contribution in [2.75, 3.05) is 39.9 Å². The lowest BCUT2D eigenvalue weighted by Gasteiger charge is -2.34. The molecule has 9 heteroatoms. The van der Waals surface area contributed by atoms with Crippen LogP contribution in [0.2, 0.25) is 0 Å². The number of nitrogens with zero attached hydrogens (tertiary/aromatic N) is 5. The van der Waals surface area contributed by atoms with Gasteiger partial charge in [-0.2, -0.15) is 5.10 Å². The number of piperazine rings is 1. The fourth-order valence-corrected chi connectivity index (χ4v) is 3.77. The van der Waals surface area contributed by atoms with Gasteiger partial charge in [-0.15, -0.1) is 0 Å². The molecule has 1 aliphatic heterocycles. The van der Waals surface area contributed by atoms with Gasteiger partial charge in [0.1, 0.15) is 17.1 Å². The monoisotopic (exact) mass is 437 g/mol. The maximum absolute atomic E-state index is 13.5. The molecule has 0 saturated carbocycles. The molecule has 168 valence electrons. The Labute approximate surface area is 186 Å². The van der Waals surface area contributed by atoms with Crippen molar-refractivity contribution in [3.8, 4) is 22.8 Å². The van der Waals surface area contributed by atoms with Gasteiger partial charge in [-0.3, -0.25) is 4.79 Å². The van der Waals surface area contributed by atoms with Crippen molar-refractivity contribution in [2.45, 2.75) is 6.92 Å². The number of carbonyl (C=O) groups is 2. The Balaban J connectivity index is 1.63. The van der Waals surface area contributed by atoms with Crippen LogP contribution in [0.4, 0.5) is 4.79 Å². The second-order valence-electron chi connectivity index (χ2n) is 7.51. The second-order valence-corrected chi connectivity index (χ2v) is 7.51. The van der Waals surface area contributed by atoms with Gasteiger partial charge < -0.3 is 23.8 Å². The lowest BCUT2D eigenvalue weighted by Crippen LogP contribution is -2.51. The van der Waals surface area contributed by atoms with E-state index in [1.807, 2.05) is 60.3 Å². The Hall–Kier alpha value is -3.75. The van der Waals surface area contributed by atoms with Gasteiger partial charge in [0, 0.05) is 39.4 Å². The molecule has 9 nitrogen and oxygen atoms in total. The summed E-state index contributed by atoms with van der Waals surface area (Å²) in [5, 5.41) is 4.75. The summed E-state index contributed by atoms with van der Waals surface area (Å²) in [7, 11) is 3.55. The molecule has 1 saturated heterocycles. The largest absolute Gasteiger partial charge is 0.497 e. The van der Waals surface area contributed by atoms with E-state index in [1.54, 1.807) is 28.5 Å². The van der Waals surface area contributed by atoms with Crippen LogP contribution in [0.5, 0.6) is 5.75 Å². The molecule has 1 fully saturated rings. The number of hydrogen-bond donors (Lipinski definition) is 0. The van der Waals surface area contributed by atoms with Gasteiger partial charge in [-0.25, -0.2) is 9.48 Å². The first-order valence-electron chi connectivity index (χ1n) is 10.6. The number of carbonyl (C=O) groups excluding carboxylic acids is 2. The third-order valence-electron chi connectivity index (χ3n) is 5.54. The molecule has 1 aromatic carbocycles. The van der Waals surface area contributed by atoms with Crippen molar-refractivity contribution in [1.82, 2.24) is 24.1 Å². The van der Waals surface area contributed by atoms with Crippen LogP contribution in [-0.2, 0) is 11.8 Å². The number of aryl methyl sites for hydroxylation is 1. The van der Waals surface area contributed by atoms with Gasteiger partial charge >= 0.3 is 6.09 Å². The highest BCUT2D eigenvalue weighted by Gasteiger charge is 2.28. The normalized spacial score (nSPS) is 13.8. The van der Waals surface area contributed by atoms with Gasteiger partial charge in [0.2, 0.25) is 0 Å². The summed E-state index contributed by atoms with van der Waals surface area (Å²) in [4.78, 5) is 28.8. The lowest BCUT2D eigenvalue weighted by atomic mass is 10.2. The fourth-order valence-electron chi connectivity index (χ4n) is 3.77. The maximum Gasteiger partial charge on any atom is 0.409 e. The summed E-state index contributed by atoms with van der Waals surface area (Å²) in [5.74, 6) is 0.601. The molecule has 0 spiro atoms. The summed E-state index contributed by atoms with van der Waals surface area (Å²) >= 11 is 0. The molecule has 3 heterocycles. The van der Waals surface area contributed by atoms with Gasteiger partial charge in [0.25, 0.3) is 5.91 Å². The minimum Gasteiger partial charge on any atom is -0.497 e. The molecule has 0 N–H and O–H groups in total. The Morgan fingerprint density at radius 2 is 1.72 bits per heavy atom. The van der Waals surface area contributed by atoms with Gasteiger partial charge in [0.05, 0.1) is 25.1 Å². The Bertz CT molecular complexity index is 1090. The lowest BCUT2D eigenvalue weighted by molar-refractivity contribution is 0.0563. The standard InChI is InChI=1S/C23H27N5O4/c1-4-32-23(30)27-14-12-26(13-15-27)22(29)21-16-19(20-6-5-11-25(20)2)24-28(21)17-7-9-18(31-3)10-8-17/h5-11,16H,4,12-15H2,1-3H3. The van der Waals surface area contributed by atoms with Gasteiger partial charge in [-0.1, -0.05) is 0 Å². The number of ether oxygens (including phenoxy) is 2. The van der Waals surface area contributed by atoms with E-state index in [-0.39, 0.29) is 12.0 Å². The topological polar surface area (TPSA) is 81.8 Å². The molecule has 2 aromatic heterocycles. The Kier molecular flexibility index (Phi) is 6.16. The first kappa shape index (κ1) is 21.5. The zero-order chi connectivity index (χ0) is 22.7. The number of benzene rings is 1. The average Bonchev–Trinajstić information content (AvgIpc) is 3.45. The molecule has 2 amide bonds. The first-order valence-corrected chi connectivity index (χ1v) is 10.6. The molecule has 0 aliphatic carbocycles. The van der Waals surface area contributed by atoms with Crippen LogP contribution in [0.1, 0.15) is 17.4 Å². The van der Waals surface area contributed by atoms with Crippen LogP contribution in [0.3, 0.4) is 0 Å². The minimum atomic E-state index is -0.339. The van der Waals surface area contributed by atoms with Crippen LogP contribution in [0, 0.1) is 0 Å². The molecular formula is C23H27N5O4. The number of rotatable bonds is 5. The molecule has 0 radical (unpaired) electrons. The van der Waals surface area contributed by atoms with Crippen molar-refractivity contribution in [2.24, 2.45) is 7.05 Å². The molecule has 3 aromatic rings. The van der Waals surface area contributed by atoms with Crippen LogP contribution >= 0.6 is 0 Å². The second kappa shape index (κ2) is 9.17. The number of hydrogen-bond acceptors (Lipinski definition) is 5. The third-order valence-corrected chi connectivity index (χ3v) is 5.54. The zero-order valence-electron chi connectivity index (χ0n) is 18.5. The van der Waals surface area contributed by atoms with E-state index in [2.05, 4.69) is 0 Å². The first-order chi connectivity index (χ1) is 15.5. The van der Waals surface area contributed by atoms with E-state index in [4.69, 9.17) is 14.6 Å². The molecule has 0 atom stereocenters. The summed E-state index contributed by atoms with van der Waals surface area (Å²) in [6.07, 6.45) is 1.60. The molecule has 0 unspecified atom stereocenters. The highest BCUT2D eigenvalue weighted by atomic mass is 16.6. The van der Waals surface area contributed by atoms with Crippen LogP contribution in [0.25, 0.3) is 17.1 Å². The zero-order valence-corrected chi connectivity index (χ0v) is 18.5. The molecule has 4 rings (SSSR count). The van der Waals surface area contributed by atoms with E-state index >= 15 is 0 Å². The van der Waals surface area contributed by atoms with E-state index < -0.39 is 0 Å². The predicted molar refractivity (Wildman–Crippen MR) is 119 cm³/mol. The van der Waals surface area contributed by atoms with Gasteiger partial charge in [-0.05, 0) is 49.4 Å². The van der Waals surface area contributed by atoms with Crippen molar-refractivity contribution < 1.29 is 19.1 Å². The summed E-state index contributed by atoms with van der Waals surface area (Å²) < 4.78 is 14.0. The SMILES string of the molecule is CCOC(=O)N1CCN(C(=O)c2cc(-c3cccn3C)nn2-c2ccc(OC)cc2)CC1. The van der Waals surface area contributed by atoms with Crippen molar-refractivity contribution in [1.29, 1.82) is 0 Å². The van der Waals surface area contributed by atoms with Crippen molar-refractivity contribution in [3.05, 3.63) is 54.4 Å². The Morgan fingerprint density at radius 3 is 2.31 bits per heavy atom. The third kappa shape index (κ3) is 4.18. The van der Waals surface area contributed by atoms with E-state index in [9.17, 15) is 9.59 Å². The summed E-state index contributed by atoms with van der Waals surface area (Å²) in [6.45, 7) is 3.86. The van der Waals surface area contributed by atoms with E-state index in [0.717, 1.165) is 17.1 Å². The van der Waals surface area contributed by atoms with Crippen molar-refractivity contribution >= 4 is 12.0 Å². The summed E-state index contributed by atoms with van der Waals surface area (Å²) in [6, 6.07) is 13.1. The van der Waals surface area contributed by atoms with E-state index in [0.29, 0.717) is 44.2 Å².